The summed E-state index contributed by atoms with van der Waals surface area (Å²) in [6, 6.07) is 11.2. The van der Waals surface area contributed by atoms with Gasteiger partial charge in [-0.05, 0) is 18.2 Å². The highest BCUT2D eigenvalue weighted by atomic mass is 16.7. The van der Waals surface area contributed by atoms with Gasteiger partial charge in [-0.1, -0.05) is 18.2 Å². The van der Waals surface area contributed by atoms with E-state index in [4.69, 9.17) is 4.84 Å². The zero-order valence-corrected chi connectivity index (χ0v) is 13.7. The number of nitro benzene ring substituents is 1. The maximum Gasteiger partial charge on any atom is 0.355 e. The van der Waals surface area contributed by atoms with Crippen LogP contribution in [0.25, 0.3) is 0 Å². The lowest BCUT2D eigenvalue weighted by Crippen LogP contribution is -2.37. The third kappa shape index (κ3) is 3.41. The molecular formula is C17H15N3O6. The minimum Gasteiger partial charge on any atom is -0.469 e. The number of carbonyl (C=O) groups is 2. The van der Waals surface area contributed by atoms with Crippen molar-refractivity contribution in [2.75, 3.05) is 12.4 Å². The van der Waals surface area contributed by atoms with E-state index in [0.29, 0.717) is 11.3 Å². The number of para-hydroxylation sites is 1. The first-order valence-electron chi connectivity index (χ1n) is 7.68. The molecule has 1 unspecified atom stereocenters. The number of hydrogen-bond acceptors (Lipinski definition) is 6. The molecule has 26 heavy (non-hydrogen) atoms. The van der Waals surface area contributed by atoms with Crippen molar-refractivity contribution in [3.05, 3.63) is 64.2 Å². The van der Waals surface area contributed by atoms with Gasteiger partial charge < -0.3 is 14.9 Å². The van der Waals surface area contributed by atoms with Crippen LogP contribution in [-0.4, -0.2) is 29.1 Å². The summed E-state index contributed by atoms with van der Waals surface area (Å²) in [7, 11) is 1.22. The predicted octanol–water partition coefficient (Wildman–Crippen LogP) is 3.04. The van der Waals surface area contributed by atoms with E-state index in [1.54, 1.807) is 30.3 Å². The molecule has 1 atom stereocenters. The van der Waals surface area contributed by atoms with Crippen molar-refractivity contribution in [3.8, 4) is 5.75 Å². The number of esters is 1. The molecule has 0 spiro atoms. The van der Waals surface area contributed by atoms with E-state index >= 15 is 0 Å². The number of benzene rings is 2. The molecule has 1 aliphatic heterocycles. The van der Waals surface area contributed by atoms with E-state index in [2.05, 4.69) is 10.1 Å². The topological polar surface area (TPSA) is 111 Å². The van der Waals surface area contributed by atoms with Crippen molar-refractivity contribution < 1.29 is 24.1 Å². The van der Waals surface area contributed by atoms with Gasteiger partial charge in [0.2, 0.25) is 0 Å². The highest BCUT2D eigenvalue weighted by molar-refractivity contribution is 5.90. The van der Waals surface area contributed by atoms with Gasteiger partial charge in [-0.15, -0.1) is 5.06 Å². The lowest BCUT2D eigenvalue weighted by Gasteiger charge is -2.22. The third-order valence-electron chi connectivity index (χ3n) is 3.86. The van der Waals surface area contributed by atoms with Gasteiger partial charge in [0.15, 0.2) is 5.75 Å². The monoisotopic (exact) mass is 357 g/mol. The second-order valence-corrected chi connectivity index (χ2v) is 5.49. The number of nitro groups is 1. The van der Waals surface area contributed by atoms with Gasteiger partial charge in [-0.2, -0.15) is 0 Å². The van der Waals surface area contributed by atoms with E-state index in [1.165, 1.54) is 25.3 Å². The molecule has 0 radical (unpaired) electrons. The fourth-order valence-electron chi connectivity index (χ4n) is 2.61. The Hall–Kier alpha value is -3.62. The number of nitrogens with one attached hydrogen (secondary N) is 1. The quantitative estimate of drug-likeness (QED) is 0.511. The number of carbonyl (C=O) groups excluding carboxylic acids is 2. The fourth-order valence-corrected chi connectivity index (χ4v) is 2.61. The first kappa shape index (κ1) is 17.2. The van der Waals surface area contributed by atoms with E-state index in [1.807, 2.05) is 0 Å². The fraction of sp³-hybridized carbons (Fsp3) is 0.176. The van der Waals surface area contributed by atoms with Crippen LogP contribution in [-0.2, 0) is 9.53 Å². The number of rotatable bonds is 4. The molecule has 134 valence electrons. The molecule has 1 N–H and O–H groups in total. The van der Waals surface area contributed by atoms with Gasteiger partial charge in [-0.3, -0.25) is 14.9 Å². The Labute approximate surface area is 148 Å². The molecule has 0 aliphatic carbocycles. The number of ether oxygens (including phenoxy) is 1. The second kappa shape index (κ2) is 7.09. The average Bonchev–Trinajstić information content (AvgIpc) is 3.00. The van der Waals surface area contributed by atoms with E-state index in [-0.39, 0.29) is 17.9 Å². The summed E-state index contributed by atoms with van der Waals surface area (Å²) in [5.41, 5.74) is 0.750. The summed E-state index contributed by atoms with van der Waals surface area (Å²) in [4.78, 5) is 40.3. The third-order valence-corrected chi connectivity index (χ3v) is 3.86. The number of urea groups is 1. The minimum atomic E-state index is -0.846. The maximum absolute atomic E-state index is 12.6. The number of fused-ring (bicyclic) bond motifs is 1. The Balaban J connectivity index is 1.90. The standard InChI is InChI=1S/C17H15N3O6/c1-25-16(21)10-14-13-9-12(20(23)24)7-8-15(13)26-19(14)17(22)18-11-5-3-2-4-6-11/h2-9,14H,10H2,1H3,(H,18,22). The summed E-state index contributed by atoms with van der Waals surface area (Å²) >= 11 is 0. The van der Waals surface area contributed by atoms with Crippen molar-refractivity contribution in [2.24, 2.45) is 0 Å². The zero-order chi connectivity index (χ0) is 18.7. The first-order chi connectivity index (χ1) is 12.5. The molecular weight excluding hydrogens is 342 g/mol. The molecule has 0 saturated heterocycles. The molecule has 9 nitrogen and oxygen atoms in total. The van der Waals surface area contributed by atoms with Crippen molar-refractivity contribution in [1.29, 1.82) is 0 Å². The molecule has 2 aromatic carbocycles. The van der Waals surface area contributed by atoms with Crippen LogP contribution >= 0.6 is 0 Å². The minimum absolute atomic E-state index is 0.160. The highest BCUT2D eigenvalue weighted by Gasteiger charge is 2.39. The second-order valence-electron chi connectivity index (χ2n) is 5.49. The van der Waals surface area contributed by atoms with Gasteiger partial charge >= 0.3 is 12.0 Å². The summed E-state index contributed by atoms with van der Waals surface area (Å²) in [6.07, 6.45) is -0.202. The SMILES string of the molecule is COC(=O)CC1c2cc([N+](=O)[O-])ccc2ON1C(=O)Nc1ccccc1. The summed E-state index contributed by atoms with van der Waals surface area (Å²) in [6.45, 7) is 0. The van der Waals surface area contributed by atoms with Crippen molar-refractivity contribution in [3.63, 3.8) is 0 Å². The zero-order valence-electron chi connectivity index (χ0n) is 13.7. The number of methoxy groups -OCH3 is 1. The van der Waals surface area contributed by atoms with Gasteiger partial charge in [0.05, 0.1) is 18.5 Å². The van der Waals surface area contributed by atoms with Crippen LogP contribution in [0.4, 0.5) is 16.2 Å². The smallest absolute Gasteiger partial charge is 0.355 e. The van der Waals surface area contributed by atoms with Gasteiger partial charge in [-0.25, -0.2) is 4.79 Å². The Morgan fingerprint density at radius 1 is 1.27 bits per heavy atom. The lowest BCUT2D eigenvalue weighted by atomic mass is 10.0. The molecule has 1 aliphatic rings. The lowest BCUT2D eigenvalue weighted by molar-refractivity contribution is -0.384. The van der Waals surface area contributed by atoms with Gasteiger partial charge in [0.25, 0.3) is 5.69 Å². The summed E-state index contributed by atoms with van der Waals surface area (Å²) in [5.74, 6) is -0.303. The molecule has 0 bridgehead atoms. The van der Waals surface area contributed by atoms with Gasteiger partial charge in [0.1, 0.15) is 6.04 Å². The molecule has 1 heterocycles. The van der Waals surface area contributed by atoms with Crippen LogP contribution in [0.2, 0.25) is 0 Å². The Morgan fingerprint density at radius 3 is 2.65 bits per heavy atom. The number of amides is 2. The molecule has 0 saturated carbocycles. The Bertz CT molecular complexity index is 855. The van der Waals surface area contributed by atoms with Crippen LogP contribution in [0.15, 0.2) is 48.5 Å². The normalized spacial score (nSPS) is 15.0. The molecule has 2 amide bonds. The first-order valence-corrected chi connectivity index (χ1v) is 7.68. The molecule has 0 aromatic heterocycles. The molecule has 3 rings (SSSR count). The number of nitrogens with zero attached hydrogens (tertiary/aromatic N) is 2. The van der Waals surface area contributed by atoms with Crippen LogP contribution in [0.3, 0.4) is 0 Å². The largest absolute Gasteiger partial charge is 0.469 e. The summed E-state index contributed by atoms with van der Waals surface area (Å²) in [5, 5.41) is 14.7. The molecule has 9 heteroatoms. The van der Waals surface area contributed by atoms with Crippen LogP contribution in [0.5, 0.6) is 5.75 Å². The molecule has 0 fully saturated rings. The van der Waals surface area contributed by atoms with E-state index in [0.717, 1.165) is 5.06 Å². The highest BCUT2D eigenvalue weighted by Crippen LogP contribution is 2.41. The Morgan fingerprint density at radius 2 is 2.00 bits per heavy atom. The number of hydrogen-bond donors (Lipinski definition) is 1. The number of anilines is 1. The molecule has 2 aromatic rings. The van der Waals surface area contributed by atoms with E-state index in [9.17, 15) is 19.7 Å². The van der Waals surface area contributed by atoms with Crippen molar-refractivity contribution in [2.45, 2.75) is 12.5 Å². The average molecular weight is 357 g/mol. The van der Waals surface area contributed by atoms with E-state index < -0.39 is 23.0 Å². The maximum atomic E-state index is 12.6. The van der Waals surface area contributed by atoms with Gasteiger partial charge in [0, 0.05) is 23.4 Å². The summed E-state index contributed by atoms with van der Waals surface area (Å²) < 4.78 is 4.66. The van der Waals surface area contributed by atoms with Crippen LogP contribution in [0, 0.1) is 10.1 Å². The van der Waals surface area contributed by atoms with Crippen molar-refractivity contribution in [1.82, 2.24) is 5.06 Å². The predicted molar refractivity (Wildman–Crippen MR) is 90.4 cm³/mol. The number of non-ortho nitro benzene ring substituents is 1. The number of hydroxylamine groups is 2. The van der Waals surface area contributed by atoms with Crippen molar-refractivity contribution >= 4 is 23.4 Å². The van der Waals surface area contributed by atoms with Crippen LogP contribution < -0.4 is 10.2 Å². The Kier molecular flexibility index (Phi) is 4.70. The van der Waals surface area contributed by atoms with Crippen LogP contribution in [0.1, 0.15) is 18.0 Å².